The fraction of sp³-hybridized carbons (Fsp3) is 0.643. The summed E-state index contributed by atoms with van der Waals surface area (Å²) in [5, 5.41) is 0. The van der Waals surface area contributed by atoms with Crippen LogP contribution in [0.5, 0.6) is 0 Å². The average molecular weight is 206 g/mol. The molecule has 0 aromatic rings. The molecule has 1 unspecified atom stereocenters. The molecule has 0 amide bonds. The van der Waals surface area contributed by atoms with Crippen LogP contribution in [0.15, 0.2) is 23.8 Å². The molecule has 0 bridgehead atoms. The predicted octanol–water partition coefficient (Wildman–Crippen LogP) is 4.05. The van der Waals surface area contributed by atoms with Crippen molar-refractivity contribution in [3.8, 4) is 0 Å². The minimum Gasteiger partial charge on any atom is -0.295 e. The molecule has 1 heteroatoms. The number of hydrogen-bond acceptors (Lipinski definition) is 1. The molecule has 1 aliphatic carbocycles. The first-order valence-electron chi connectivity index (χ1n) is 5.82. The van der Waals surface area contributed by atoms with Gasteiger partial charge in [0.05, 0.1) is 0 Å². The van der Waals surface area contributed by atoms with E-state index in [4.69, 9.17) is 0 Å². The molecule has 0 aliphatic heterocycles. The summed E-state index contributed by atoms with van der Waals surface area (Å²) in [6.45, 7) is 10.4. The van der Waals surface area contributed by atoms with Crippen LogP contribution in [0.2, 0.25) is 0 Å². The molecule has 0 heterocycles. The molecule has 0 aromatic carbocycles. The Kier molecular flexibility index (Phi) is 3.90. The molecule has 0 N–H and O–H groups in total. The Morgan fingerprint density at radius 1 is 1.53 bits per heavy atom. The molecule has 0 radical (unpaired) electrons. The maximum Gasteiger partial charge on any atom is 0.158 e. The topological polar surface area (TPSA) is 17.1 Å². The van der Waals surface area contributed by atoms with Crippen molar-refractivity contribution in [2.24, 2.45) is 5.41 Å². The van der Waals surface area contributed by atoms with E-state index in [1.807, 2.05) is 0 Å². The summed E-state index contributed by atoms with van der Waals surface area (Å²) in [4.78, 5) is 11.6. The van der Waals surface area contributed by atoms with E-state index in [1.54, 1.807) is 0 Å². The standard InChI is InChI=1S/C14H22O/c1-11(2)7-5-9-14(4)10-6-8-13(15)12(14)3/h7H,3,5-6,8-10H2,1-2,4H3. The van der Waals surface area contributed by atoms with Crippen LogP contribution in [0.3, 0.4) is 0 Å². The number of carbonyl (C=O) groups excluding carboxylic acids is 1. The summed E-state index contributed by atoms with van der Waals surface area (Å²) in [6, 6.07) is 0. The van der Waals surface area contributed by atoms with Crippen LogP contribution < -0.4 is 0 Å². The molecular weight excluding hydrogens is 184 g/mol. The van der Waals surface area contributed by atoms with E-state index in [0.29, 0.717) is 6.42 Å². The summed E-state index contributed by atoms with van der Waals surface area (Å²) in [5.74, 6) is 0.279. The van der Waals surface area contributed by atoms with E-state index in [1.165, 1.54) is 5.57 Å². The molecule has 1 saturated carbocycles. The highest BCUT2D eigenvalue weighted by Gasteiger charge is 2.34. The van der Waals surface area contributed by atoms with Gasteiger partial charge in [-0.15, -0.1) is 0 Å². The summed E-state index contributed by atoms with van der Waals surface area (Å²) in [6.07, 6.45) is 7.22. The molecule has 0 spiro atoms. The third-order valence-electron chi connectivity index (χ3n) is 3.45. The van der Waals surface area contributed by atoms with Crippen molar-refractivity contribution in [3.63, 3.8) is 0 Å². The summed E-state index contributed by atoms with van der Waals surface area (Å²) < 4.78 is 0. The van der Waals surface area contributed by atoms with Crippen LogP contribution >= 0.6 is 0 Å². The molecular formula is C14H22O. The van der Waals surface area contributed by atoms with Crippen LogP contribution in [0.1, 0.15) is 52.9 Å². The van der Waals surface area contributed by atoms with Crippen LogP contribution in [0.25, 0.3) is 0 Å². The fourth-order valence-corrected chi connectivity index (χ4v) is 2.23. The Balaban J connectivity index is 2.61. The minimum absolute atomic E-state index is 0.0568. The lowest BCUT2D eigenvalue weighted by molar-refractivity contribution is -0.118. The van der Waals surface area contributed by atoms with E-state index in [9.17, 15) is 4.79 Å². The van der Waals surface area contributed by atoms with Crippen LogP contribution in [-0.2, 0) is 4.79 Å². The second-order valence-electron chi connectivity index (χ2n) is 5.14. The first kappa shape index (κ1) is 12.2. The van der Waals surface area contributed by atoms with Gasteiger partial charge >= 0.3 is 0 Å². The minimum atomic E-state index is 0.0568. The lowest BCUT2D eigenvalue weighted by Gasteiger charge is -2.34. The van der Waals surface area contributed by atoms with Gasteiger partial charge in [0.2, 0.25) is 0 Å². The number of carbonyl (C=O) groups is 1. The van der Waals surface area contributed by atoms with Gasteiger partial charge in [0.1, 0.15) is 0 Å². The van der Waals surface area contributed by atoms with Gasteiger partial charge in [-0.25, -0.2) is 0 Å². The number of allylic oxidation sites excluding steroid dienone is 3. The maximum atomic E-state index is 11.6. The lowest BCUT2D eigenvalue weighted by Crippen LogP contribution is -2.28. The summed E-state index contributed by atoms with van der Waals surface area (Å²) in [5.41, 5.74) is 2.27. The molecule has 1 nitrogen and oxygen atoms in total. The third-order valence-corrected chi connectivity index (χ3v) is 3.45. The van der Waals surface area contributed by atoms with Gasteiger partial charge in [0.25, 0.3) is 0 Å². The third kappa shape index (κ3) is 3.05. The smallest absolute Gasteiger partial charge is 0.158 e. The van der Waals surface area contributed by atoms with Gasteiger partial charge in [-0.1, -0.05) is 25.2 Å². The highest BCUT2D eigenvalue weighted by Crippen LogP contribution is 2.41. The van der Waals surface area contributed by atoms with Crippen molar-refractivity contribution in [1.82, 2.24) is 0 Å². The molecule has 0 saturated heterocycles. The quantitative estimate of drug-likeness (QED) is 0.503. The van der Waals surface area contributed by atoms with Crippen molar-refractivity contribution in [2.45, 2.75) is 52.9 Å². The molecule has 0 aromatic heterocycles. The molecule has 1 fully saturated rings. The second kappa shape index (κ2) is 4.78. The first-order valence-corrected chi connectivity index (χ1v) is 5.82. The zero-order chi connectivity index (χ0) is 11.5. The average Bonchev–Trinajstić information content (AvgIpc) is 2.14. The van der Waals surface area contributed by atoms with E-state index in [-0.39, 0.29) is 11.2 Å². The number of ketones is 1. The SMILES string of the molecule is C=C1C(=O)CCCC1(C)CCC=C(C)C. The zero-order valence-corrected chi connectivity index (χ0v) is 10.2. The Bertz CT molecular complexity index is 294. The number of Topliss-reactive ketones (excluding diaryl/α,β-unsaturated/α-hetero) is 1. The largest absolute Gasteiger partial charge is 0.295 e. The van der Waals surface area contributed by atoms with Crippen LogP contribution in [0.4, 0.5) is 0 Å². The monoisotopic (exact) mass is 206 g/mol. The van der Waals surface area contributed by atoms with E-state index in [0.717, 1.165) is 31.3 Å². The molecule has 1 atom stereocenters. The zero-order valence-electron chi connectivity index (χ0n) is 10.2. The van der Waals surface area contributed by atoms with Crippen molar-refractivity contribution in [2.75, 3.05) is 0 Å². The molecule has 84 valence electrons. The van der Waals surface area contributed by atoms with Gasteiger partial charge in [0, 0.05) is 6.42 Å². The normalized spacial score (nSPS) is 26.6. The lowest BCUT2D eigenvalue weighted by atomic mass is 9.69. The fourth-order valence-electron chi connectivity index (χ4n) is 2.23. The Morgan fingerprint density at radius 2 is 2.20 bits per heavy atom. The van der Waals surface area contributed by atoms with Crippen LogP contribution in [-0.4, -0.2) is 5.78 Å². The van der Waals surface area contributed by atoms with Gasteiger partial charge in [-0.3, -0.25) is 4.79 Å². The van der Waals surface area contributed by atoms with E-state index in [2.05, 4.69) is 33.4 Å². The van der Waals surface area contributed by atoms with Crippen LogP contribution in [0, 0.1) is 5.41 Å². The highest BCUT2D eigenvalue weighted by atomic mass is 16.1. The highest BCUT2D eigenvalue weighted by molar-refractivity contribution is 5.96. The summed E-state index contributed by atoms with van der Waals surface area (Å²) in [7, 11) is 0. The van der Waals surface area contributed by atoms with Crippen molar-refractivity contribution in [3.05, 3.63) is 23.8 Å². The van der Waals surface area contributed by atoms with Gasteiger partial charge in [0.15, 0.2) is 5.78 Å². The Hall–Kier alpha value is -0.850. The van der Waals surface area contributed by atoms with Gasteiger partial charge < -0.3 is 0 Å². The molecule has 1 aliphatic rings. The van der Waals surface area contributed by atoms with Crippen molar-refractivity contribution >= 4 is 5.78 Å². The molecule has 15 heavy (non-hydrogen) atoms. The predicted molar refractivity (Wildman–Crippen MR) is 64.8 cm³/mol. The van der Waals surface area contributed by atoms with E-state index >= 15 is 0 Å². The number of hydrogen-bond donors (Lipinski definition) is 0. The van der Waals surface area contributed by atoms with E-state index < -0.39 is 0 Å². The van der Waals surface area contributed by atoms with Crippen molar-refractivity contribution in [1.29, 1.82) is 0 Å². The Labute approximate surface area is 93.3 Å². The first-order chi connectivity index (χ1) is 6.96. The molecule has 1 rings (SSSR count). The second-order valence-corrected chi connectivity index (χ2v) is 5.14. The van der Waals surface area contributed by atoms with Gasteiger partial charge in [-0.2, -0.15) is 0 Å². The summed E-state index contributed by atoms with van der Waals surface area (Å²) >= 11 is 0. The maximum absolute atomic E-state index is 11.6. The number of rotatable bonds is 3. The van der Waals surface area contributed by atoms with Crippen molar-refractivity contribution < 1.29 is 4.79 Å². The van der Waals surface area contributed by atoms with Gasteiger partial charge in [-0.05, 0) is 50.5 Å². The Morgan fingerprint density at radius 3 is 2.80 bits per heavy atom.